The van der Waals surface area contributed by atoms with E-state index in [0.29, 0.717) is 27.4 Å². The van der Waals surface area contributed by atoms with Gasteiger partial charge in [0.05, 0.1) is 15.7 Å². The van der Waals surface area contributed by atoms with Crippen LogP contribution >= 0.6 is 23.2 Å². The molecule has 3 aromatic rings. The Labute approximate surface area is 119 Å². The molecule has 0 spiro atoms. The van der Waals surface area contributed by atoms with Crippen molar-refractivity contribution in [1.29, 1.82) is 0 Å². The summed E-state index contributed by atoms with van der Waals surface area (Å²) in [4.78, 5) is 4.18. The number of rotatable bonds is 2. The number of imidazole rings is 1. The van der Waals surface area contributed by atoms with Crippen molar-refractivity contribution in [3.05, 3.63) is 52.8 Å². The summed E-state index contributed by atoms with van der Waals surface area (Å²) in [6, 6.07) is 8.70. The number of benzene rings is 1. The monoisotopic (exact) mass is 293 g/mol. The molecule has 0 aliphatic carbocycles. The second kappa shape index (κ2) is 4.64. The van der Waals surface area contributed by atoms with Gasteiger partial charge in [0.15, 0.2) is 5.75 Å². The van der Waals surface area contributed by atoms with E-state index in [2.05, 4.69) is 4.98 Å². The van der Waals surface area contributed by atoms with Crippen molar-refractivity contribution in [2.45, 2.75) is 0 Å². The molecule has 19 heavy (non-hydrogen) atoms. The molecule has 0 saturated heterocycles. The molecule has 2 N–H and O–H groups in total. The van der Waals surface area contributed by atoms with E-state index in [1.165, 1.54) is 0 Å². The maximum atomic E-state index is 5.96. The second-order valence-corrected chi connectivity index (χ2v) is 4.74. The number of hydrogen-bond donors (Lipinski definition) is 1. The molecule has 0 bridgehead atoms. The highest BCUT2D eigenvalue weighted by Crippen LogP contribution is 2.35. The highest BCUT2D eigenvalue weighted by molar-refractivity contribution is 6.42. The summed E-state index contributed by atoms with van der Waals surface area (Å²) >= 11 is 11.8. The van der Waals surface area contributed by atoms with Crippen LogP contribution in [0.15, 0.2) is 42.7 Å². The molecule has 0 fully saturated rings. The third-order valence-electron chi connectivity index (χ3n) is 2.66. The van der Waals surface area contributed by atoms with Gasteiger partial charge in [-0.15, -0.1) is 0 Å². The maximum absolute atomic E-state index is 5.96. The Kier molecular flexibility index (Phi) is 2.97. The van der Waals surface area contributed by atoms with E-state index in [-0.39, 0.29) is 0 Å². The zero-order valence-electron chi connectivity index (χ0n) is 9.68. The van der Waals surface area contributed by atoms with Crippen LogP contribution in [0.4, 0.5) is 5.69 Å². The Morgan fingerprint density at radius 3 is 2.79 bits per heavy atom. The Balaban J connectivity index is 2.06. The van der Waals surface area contributed by atoms with E-state index < -0.39 is 0 Å². The normalized spacial score (nSPS) is 10.8. The third-order valence-corrected chi connectivity index (χ3v) is 3.38. The van der Waals surface area contributed by atoms with Crippen molar-refractivity contribution in [1.82, 2.24) is 9.38 Å². The average Bonchev–Trinajstić information content (AvgIpc) is 2.85. The lowest BCUT2D eigenvalue weighted by atomic mass is 10.3. The van der Waals surface area contributed by atoms with Crippen LogP contribution in [0.3, 0.4) is 0 Å². The SMILES string of the molecule is Nc1cc(Cl)c(Cl)cc1Oc1cccc2nccn12. The van der Waals surface area contributed by atoms with Crippen LogP contribution < -0.4 is 10.5 Å². The zero-order chi connectivity index (χ0) is 13.4. The van der Waals surface area contributed by atoms with E-state index in [0.717, 1.165) is 5.65 Å². The molecule has 0 radical (unpaired) electrons. The predicted molar refractivity (Wildman–Crippen MR) is 76.1 cm³/mol. The van der Waals surface area contributed by atoms with E-state index in [1.807, 2.05) is 22.6 Å². The van der Waals surface area contributed by atoms with E-state index in [1.54, 1.807) is 24.5 Å². The van der Waals surface area contributed by atoms with Gasteiger partial charge in [-0.25, -0.2) is 4.98 Å². The first kappa shape index (κ1) is 12.1. The van der Waals surface area contributed by atoms with Crippen molar-refractivity contribution in [3.63, 3.8) is 0 Å². The maximum Gasteiger partial charge on any atom is 0.205 e. The quantitative estimate of drug-likeness (QED) is 0.726. The van der Waals surface area contributed by atoms with Gasteiger partial charge >= 0.3 is 0 Å². The molecule has 2 aromatic heterocycles. The second-order valence-electron chi connectivity index (χ2n) is 3.93. The molecule has 96 valence electrons. The van der Waals surface area contributed by atoms with Gasteiger partial charge in [-0.05, 0) is 18.2 Å². The molecule has 2 heterocycles. The summed E-state index contributed by atoms with van der Waals surface area (Å²) in [5, 5.41) is 0.788. The number of hydrogen-bond acceptors (Lipinski definition) is 3. The summed E-state index contributed by atoms with van der Waals surface area (Å²) in [5.41, 5.74) is 7.08. The highest BCUT2D eigenvalue weighted by Gasteiger charge is 2.09. The Morgan fingerprint density at radius 1 is 1.16 bits per heavy atom. The topological polar surface area (TPSA) is 52.5 Å². The molecule has 6 heteroatoms. The van der Waals surface area contributed by atoms with Crippen LogP contribution in [0.5, 0.6) is 11.6 Å². The summed E-state index contributed by atoms with van der Waals surface area (Å²) in [6.45, 7) is 0. The number of halogens is 2. The first-order chi connectivity index (χ1) is 9.15. The lowest BCUT2D eigenvalue weighted by molar-refractivity contribution is 0.458. The first-order valence-corrected chi connectivity index (χ1v) is 6.25. The van der Waals surface area contributed by atoms with Crippen LogP contribution in [0.1, 0.15) is 0 Å². The Morgan fingerprint density at radius 2 is 1.95 bits per heavy atom. The van der Waals surface area contributed by atoms with Gasteiger partial charge in [-0.2, -0.15) is 0 Å². The summed E-state index contributed by atoms with van der Waals surface area (Å²) in [6.07, 6.45) is 3.50. The van der Waals surface area contributed by atoms with Gasteiger partial charge in [0.1, 0.15) is 5.65 Å². The first-order valence-electron chi connectivity index (χ1n) is 5.49. The number of aromatic nitrogens is 2. The highest BCUT2D eigenvalue weighted by atomic mass is 35.5. The third kappa shape index (κ3) is 2.20. The lowest BCUT2D eigenvalue weighted by Gasteiger charge is -2.11. The number of ether oxygens (including phenoxy) is 1. The Bertz CT molecular complexity index is 755. The fraction of sp³-hybridized carbons (Fsp3) is 0. The standard InChI is InChI=1S/C13H9Cl2N3O/c14-8-6-10(16)11(7-9(8)15)19-13-3-1-2-12-17-4-5-18(12)13/h1-7H,16H2. The van der Waals surface area contributed by atoms with Crippen molar-refractivity contribution < 1.29 is 4.74 Å². The van der Waals surface area contributed by atoms with Gasteiger partial charge in [0, 0.05) is 18.5 Å². The Hall–Kier alpha value is -1.91. The van der Waals surface area contributed by atoms with Crippen molar-refractivity contribution in [2.75, 3.05) is 5.73 Å². The summed E-state index contributed by atoms with van der Waals surface area (Å²) < 4.78 is 7.58. The summed E-state index contributed by atoms with van der Waals surface area (Å²) in [5.74, 6) is 1.05. The molecule has 4 nitrogen and oxygen atoms in total. The van der Waals surface area contributed by atoms with Gasteiger partial charge < -0.3 is 10.5 Å². The molecule has 0 unspecified atom stereocenters. The zero-order valence-corrected chi connectivity index (χ0v) is 11.2. The number of nitrogens with zero attached hydrogens (tertiary/aromatic N) is 2. The molecular formula is C13H9Cl2N3O. The minimum Gasteiger partial charge on any atom is -0.438 e. The molecular weight excluding hydrogens is 285 g/mol. The molecule has 0 aliphatic rings. The molecule has 1 aromatic carbocycles. The van der Waals surface area contributed by atoms with Gasteiger partial charge in [-0.1, -0.05) is 29.3 Å². The van der Waals surface area contributed by atoms with Gasteiger partial charge in [-0.3, -0.25) is 4.40 Å². The fourth-order valence-electron chi connectivity index (χ4n) is 1.75. The molecule has 0 aliphatic heterocycles. The van der Waals surface area contributed by atoms with E-state index in [9.17, 15) is 0 Å². The van der Waals surface area contributed by atoms with Crippen LogP contribution in [-0.4, -0.2) is 9.38 Å². The molecule has 0 amide bonds. The van der Waals surface area contributed by atoms with Crippen LogP contribution in [0, 0.1) is 0 Å². The molecule has 0 atom stereocenters. The van der Waals surface area contributed by atoms with Gasteiger partial charge in [0.2, 0.25) is 5.88 Å². The lowest BCUT2D eigenvalue weighted by Crippen LogP contribution is -1.96. The molecule has 3 rings (SSSR count). The van der Waals surface area contributed by atoms with Crippen LogP contribution in [0.2, 0.25) is 10.0 Å². The van der Waals surface area contributed by atoms with E-state index >= 15 is 0 Å². The summed E-state index contributed by atoms with van der Waals surface area (Å²) in [7, 11) is 0. The van der Waals surface area contributed by atoms with E-state index in [4.69, 9.17) is 33.7 Å². The average molecular weight is 294 g/mol. The minimum absolute atomic E-state index is 0.392. The van der Waals surface area contributed by atoms with Gasteiger partial charge in [0.25, 0.3) is 0 Å². The van der Waals surface area contributed by atoms with Crippen molar-refractivity contribution in [2.24, 2.45) is 0 Å². The number of anilines is 1. The largest absolute Gasteiger partial charge is 0.438 e. The smallest absolute Gasteiger partial charge is 0.205 e. The predicted octanol–water partition coefficient (Wildman–Crippen LogP) is 4.02. The minimum atomic E-state index is 0.392. The van der Waals surface area contributed by atoms with Crippen LogP contribution in [0.25, 0.3) is 5.65 Å². The number of nitrogens with two attached hydrogens (primary N) is 1. The fourth-order valence-corrected chi connectivity index (χ4v) is 2.08. The van der Waals surface area contributed by atoms with Crippen LogP contribution in [-0.2, 0) is 0 Å². The van der Waals surface area contributed by atoms with Crippen molar-refractivity contribution in [3.8, 4) is 11.6 Å². The number of pyridine rings is 1. The number of fused-ring (bicyclic) bond motifs is 1. The van der Waals surface area contributed by atoms with Crippen molar-refractivity contribution >= 4 is 34.5 Å². The number of nitrogen functional groups attached to an aromatic ring is 1. The molecule has 0 saturated carbocycles.